The second kappa shape index (κ2) is 7.96. The predicted octanol–water partition coefficient (Wildman–Crippen LogP) is 3.17. The molecular formula is C18H17ClF2N4O2S. The molecule has 3 aromatic rings. The number of carbonyl (C=O) groups is 1. The molecule has 3 rings (SSSR count). The molecule has 0 aliphatic heterocycles. The number of carbonyl (C=O) groups excluding carboxylic acids is 1. The summed E-state index contributed by atoms with van der Waals surface area (Å²) in [7, 11) is 0. The van der Waals surface area contributed by atoms with E-state index in [1.165, 1.54) is 23.5 Å². The Bertz CT molecular complexity index is 1000. The van der Waals surface area contributed by atoms with Crippen LogP contribution < -0.4 is 11.1 Å². The highest BCUT2D eigenvalue weighted by Gasteiger charge is 2.31. The van der Waals surface area contributed by atoms with Crippen molar-refractivity contribution < 1.29 is 18.7 Å². The number of nitrogens with two attached hydrogens (primary N) is 1. The topological polar surface area (TPSA) is 104 Å². The number of amides is 1. The van der Waals surface area contributed by atoms with Crippen molar-refractivity contribution >= 4 is 28.8 Å². The quantitative estimate of drug-likeness (QED) is 0.454. The van der Waals surface area contributed by atoms with Gasteiger partial charge in [0.15, 0.2) is 0 Å². The van der Waals surface area contributed by atoms with E-state index >= 15 is 0 Å². The zero-order valence-electron chi connectivity index (χ0n) is 14.7. The maximum absolute atomic E-state index is 13.7. The number of aliphatic hydroxyl groups is 1. The monoisotopic (exact) mass is 426 g/mol. The Morgan fingerprint density at radius 1 is 1.39 bits per heavy atom. The Morgan fingerprint density at radius 2 is 2.07 bits per heavy atom. The number of benzene rings is 1. The van der Waals surface area contributed by atoms with Gasteiger partial charge in [-0.2, -0.15) is 0 Å². The van der Waals surface area contributed by atoms with Crippen molar-refractivity contribution in [2.75, 3.05) is 6.54 Å². The molecule has 6 nitrogen and oxygen atoms in total. The van der Waals surface area contributed by atoms with Gasteiger partial charge in [-0.1, -0.05) is 11.6 Å². The molecule has 0 spiro atoms. The number of aromatic nitrogens is 2. The third-order valence-corrected chi connectivity index (χ3v) is 5.72. The van der Waals surface area contributed by atoms with Gasteiger partial charge in [-0.05, 0) is 31.2 Å². The van der Waals surface area contributed by atoms with Crippen LogP contribution in [0.5, 0.6) is 0 Å². The summed E-state index contributed by atoms with van der Waals surface area (Å²) in [4.78, 5) is 19.8. The summed E-state index contributed by atoms with van der Waals surface area (Å²) in [5.41, 5.74) is 6.14. The average molecular weight is 427 g/mol. The zero-order valence-corrected chi connectivity index (χ0v) is 16.3. The molecule has 0 fully saturated rings. The number of aliphatic hydroxyl groups excluding tert-OH is 1. The zero-order chi connectivity index (χ0) is 20.5. The third-order valence-electron chi connectivity index (χ3n) is 4.21. The maximum atomic E-state index is 13.7. The van der Waals surface area contributed by atoms with Gasteiger partial charge < -0.3 is 21.1 Å². The van der Waals surface area contributed by atoms with Gasteiger partial charge in [-0.25, -0.2) is 13.8 Å². The van der Waals surface area contributed by atoms with Crippen LogP contribution in [-0.4, -0.2) is 27.5 Å². The van der Waals surface area contributed by atoms with Crippen LogP contribution in [-0.2, 0) is 12.1 Å². The fourth-order valence-electron chi connectivity index (χ4n) is 2.55. The van der Waals surface area contributed by atoms with Gasteiger partial charge in [0.1, 0.15) is 32.9 Å². The predicted molar refractivity (Wildman–Crippen MR) is 103 cm³/mol. The van der Waals surface area contributed by atoms with Gasteiger partial charge >= 0.3 is 0 Å². The highest BCUT2D eigenvalue weighted by atomic mass is 35.5. The third kappa shape index (κ3) is 3.93. The number of halogens is 3. The van der Waals surface area contributed by atoms with Crippen LogP contribution in [0.1, 0.15) is 28.1 Å². The Morgan fingerprint density at radius 3 is 2.64 bits per heavy atom. The minimum atomic E-state index is -0.946. The molecule has 10 heteroatoms. The van der Waals surface area contributed by atoms with Crippen molar-refractivity contribution in [3.05, 3.63) is 62.7 Å². The van der Waals surface area contributed by atoms with Crippen molar-refractivity contribution in [3.8, 4) is 11.3 Å². The lowest BCUT2D eigenvalue weighted by atomic mass is 10.0. The van der Waals surface area contributed by atoms with Gasteiger partial charge in [0.05, 0.1) is 12.3 Å². The first kappa shape index (κ1) is 20.4. The van der Waals surface area contributed by atoms with E-state index < -0.39 is 28.1 Å². The molecule has 28 heavy (non-hydrogen) atoms. The number of thiazole rings is 1. The van der Waals surface area contributed by atoms with Crippen LogP contribution in [0, 0.1) is 11.6 Å². The van der Waals surface area contributed by atoms with Gasteiger partial charge in [0.2, 0.25) is 0 Å². The minimum absolute atomic E-state index is 0.0816. The molecule has 5 N–H and O–H groups in total. The van der Waals surface area contributed by atoms with Crippen molar-refractivity contribution in [1.29, 1.82) is 0 Å². The van der Waals surface area contributed by atoms with Crippen LogP contribution in [0.2, 0.25) is 5.02 Å². The van der Waals surface area contributed by atoms with Crippen LogP contribution in [0.25, 0.3) is 11.3 Å². The number of H-pyrrole nitrogens is 1. The highest BCUT2D eigenvalue weighted by Crippen LogP contribution is 2.28. The van der Waals surface area contributed by atoms with Gasteiger partial charge in [0.25, 0.3) is 5.91 Å². The van der Waals surface area contributed by atoms with Crippen LogP contribution in [0.4, 0.5) is 8.78 Å². The van der Waals surface area contributed by atoms with E-state index in [4.69, 9.17) is 17.3 Å². The molecule has 1 amide bonds. The number of rotatable bonds is 6. The Kier molecular flexibility index (Phi) is 5.80. The summed E-state index contributed by atoms with van der Waals surface area (Å²) in [6.07, 6.45) is 0. The maximum Gasteiger partial charge on any atom is 0.268 e. The molecule has 0 radical (unpaired) electrons. The van der Waals surface area contributed by atoms with E-state index in [0.717, 1.165) is 12.1 Å². The fourth-order valence-corrected chi connectivity index (χ4v) is 3.60. The first-order chi connectivity index (χ1) is 13.3. The number of hydrogen-bond donors (Lipinski definition) is 4. The molecule has 1 atom stereocenters. The van der Waals surface area contributed by atoms with E-state index in [1.54, 1.807) is 12.3 Å². The molecule has 1 aromatic carbocycles. The summed E-state index contributed by atoms with van der Waals surface area (Å²) < 4.78 is 27.4. The molecule has 0 aliphatic carbocycles. The SMILES string of the molecule is CC(CN)(NC(=O)c1ccc(-c2cc(F)c(Cl)c(F)c2)[nH]1)c1nc(CO)cs1. The van der Waals surface area contributed by atoms with E-state index in [-0.39, 0.29) is 24.4 Å². The molecular weight excluding hydrogens is 410 g/mol. The van der Waals surface area contributed by atoms with Crippen molar-refractivity contribution in [1.82, 2.24) is 15.3 Å². The molecule has 2 heterocycles. The van der Waals surface area contributed by atoms with Crippen LogP contribution >= 0.6 is 22.9 Å². The van der Waals surface area contributed by atoms with E-state index in [1.807, 2.05) is 0 Å². The Labute approximate surface area is 168 Å². The number of nitrogens with zero attached hydrogens (tertiary/aromatic N) is 1. The summed E-state index contributed by atoms with van der Waals surface area (Å²) in [5.74, 6) is -2.25. The highest BCUT2D eigenvalue weighted by molar-refractivity contribution is 7.09. The molecule has 1 unspecified atom stereocenters. The van der Waals surface area contributed by atoms with Crippen LogP contribution in [0.3, 0.4) is 0 Å². The number of nitrogens with one attached hydrogen (secondary N) is 2. The fraction of sp³-hybridized carbons (Fsp3) is 0.222. The Hall–Kier alpha value is -2.33. The van der Waals surface area contributed by atoms with Crippen molar-refractivity contribution in [2.24, 2.45) is 5.73 Å². The minimum Gasteiger partial charge on any atom is -0.390 e. The largest absolute Gasteiger partial charge is 0.390 e. The molecule has 2 aromatic heterocycles. The number of hydrogen-bond acceptors (Lipinski definition) is 5. The smallest absolute Gasteiger partial charge is 0.268 e. The summed E-state index contributed by atoms with van der Waals surface area (Å²) in [6.45, 7) is 1.59. The first-order valence-corrected chi connectivity index (χ1v) is 9.45. The lowest BCUT2D eigenvalue weighted by Crippen LogP contribution is -2.48. The molecule has 0 aliphatic rings. The Balaban J connectivity index is 1.83. The van der Waals surface area contributed by atoms with Gasteiger partial charge in [0, 0.05) is 23.2 Å². The van der Waals surface area contributed by atoms with Crippen molar-refractivity contribution in [2.45, 2.75) is 19.1 Å². The molecule has 148 valence electrons. The molecule has 0 saturated heterocycles. The number of aromatic amines is 1. The van der Waals surface area contributed by atoms with E-state index in [2.05, 4.69) is 15.3 Å². The molecule has 0 bridgehead atoms. The lowest BCUT2D eigenvalue weighted by Gasteiger charge is -2.26. The van der Waals surface area contributed by atoms with Gasteiger partial charge in [-0.15, -0.1) is 11.3 Å². The molecule has 0 saturated carbocycles. The van der Waals surface area contributed by atoms with Gasteiger partial charge in [-0.3, -0.25) is 4.79 Å². The summed E-state index contributed by atoms with van der Waals surface area (Å²) in [6, 6.07) is 5.18. The normalized spacial score (nSPS) is 13.4. The summed E-state index contributed by atoms with van der Waals surface area (Å²) in [5, 5.41) is 13.6. The van der Waals surface area contributed by atoms with E-state index in [9.17, 15) is 18.7 Å². The summed E-state index contributed by atoms with van der Waals surface area (Å²) >= 11 is 6.77. The van der Waals surface area contributed by atoms with Crippen molar-refractivity contribution in [3.63, 3.8) is 0 Å². The van der Waals surface area contributed by atoms with E-state index in [0.29, 0.717) is 16.4 Å². The first-order valence-electron chi connectivity index (χ1n) is 8.19. The lowest BCUT2D eigenvalue weighted by molar-refractivity contribution is 0.0902. The van der Waals surface area contributed by atoms with Crippen LogP contribution in [0.15, 0.2) is 29.6 Å². The second-order valence-electron chi connectivity index (χ2n) is 6.33. The standard InChI is InChI=1S/C18H17ClF2N4O2S/c1-18(8-22,17-23-10(6-26)7-28-17)25-16(27)14-3-2-13(24-14)9-4-11(20)15(19)12(21)5-9/h2-5,7,24,26H,6,8,22H2,1H3,(H,25,27). The average Bonchev–Trinajstić information content (AvgIpc) is 3.35. The second-order valence-corrected chi connectivity index (χ2v) is 7.57.